The summed E-state index contributed by atoms with van der Waals surface area (Å²) in [6.45, 7) is 1.82. The summed E-state index contributed by atoms with van der Waals surface area (Å²) in [4.78, 5) is 23.6. The fourth-order valence-electron chi connectivity index (χ4n) is 1.81. The van der Waals surface area contributed by atoms with E-state index in [1.54, 1.807) is 24.3 Å². The molecule has 1 fully saturated rings. The summed E-state index contributed by atoms with van der Waals surface area (Å²) >= 11 is 1.32. The summed E-state index contributed by atoms with van der Waals surface area (Å²) < 4.78 is 0. The highest BCUT2D eigenvalue weighted by molar-refractivity contribution is 7.15. The fourth-order valence-corrected chi connectivity index (χ4v) is 2.40. The predicted molar refractivity (Wildman–Crippen MR) is 80.4 cm³/mol. The maximum Gasteiger partial charge on any atom is 0.257 e. The topological polar surface area (TPSA) is 84.0 Å². The first-order valence-corrected chi connectivity index (χ1v) is 7.46. The van der Waals surface area contributed by atoms with E-state index in [1.807, 2.05) is 6.92 Å². The Morgan fingerprint density at radius 1 is 1.14 bits per heavy atom. The summed E-state index contributed by atoms with van der Waals surface area (Å²) in [5.41, 5.74) is 1.21. The minimum Gasteiger partial charge on any atom is -0.326 e. The molecule has 1 aliphatic carbocycles. The first-order chi connectivity index (χ1) is 10.1. The summed E-state index contributed by atoms with van der Waals surface area (Å²) in [6.07, 6.45) is 1.93. The molecule has 7 heteroatoms. The number of aryl methyl sites for hydroxylation is 1. The van der Waals surface area contributed by atoms with Crippen molar-refractivity contribution in [3.8, 4) is 0 Å². The number of hydrogen-bond donors (Lipinski definition) is 2. The molecule has 21 heavy (non-hydrogen) atoms. The molecule has 1 saturated carbocycles. The molecular weight excluding hydrogens is 288 g/mol. The fraction of sp³-hybridized carbons (Fsp3) is 0.286. The molecule has 0 bridgehead atoms. The number of aromatic nitrogens is 2. The molecule has 108 valence electrons. The van der Waals surface area contributed by atoms with Crippen molar-refractivity contribution in [3.63, 3.8) is 0 Å². The summed E-state index contributed by atoms with van der Waals surface area (Å²) in [5, 5.41) is 14.5. The van der Waals surface area contributed by atoms with Crippen molar-refractivity contribution in [1.29, 1.82) is 0 Å². The Balaban J connectivity index is 1.62. The van der Waals surface area contributed by atoms with E-state index in [2.05, 4.69) is 20.8 Å². The minimum absolute atomic E-state index is 0.0523. The number of hydrogen-bond acceptors (Lipinski definition) is 5. The molecule has 0 radical (unpaired) electrons. The molecule has 2 N–H and O–H groups in total. The number of nitrogens with one attached hydrogen (secondary N) is 2. The van der Waals surface area contributed by atoms with Gasteiger partial charge >= 0.3 is 0 Å². The third kappa shape index (κ3) is 3.43. The highest BCUT2D eigenvalue weighted by atomic mass is 32.1. The molecule has 1 aliphatic rings. The van der Waals surface area contributed by atoms with E-state index in [0.717, 1.165) is 17.8 Å². The number of amides is 2. The van der Waals surface area contributed by atoms with Gasteiger partial charge in [-0.05, 0) is 44.0 Å². The van der Waals surface area contributed by atoms with Crippen molar-refractivity contribution >= 4 is 34.0 Å². The molecule has 2 aromatic rings. The third-order valence-electron chi connectivity index (χ3n) is 3.11. The Bertz CT molecular complexity index is 677. The van der Waals surface area contributed by atoms with Crippen LogP contribution in [0.25, 0.3) is 0 Å². The summed E-state index contributed by atoms with van der Waals surface area (Å²) in [7, 11) is 0. The Labute approximate surface area is 125 Å². The standard InChI is InChI=1S/C14H14N4O2S/c1-8-17-18-14(21-8)16-13(20)10-4-6-11(7-5-10)15-12(19)9-2-3-9/h4-7,9H,2-3H2,1H3,(H,15,19)(H,16,18,20). The Morgan fingerprint density at radius 2 is 1.86 bits per heavy atom. The van der Waals surface area contributed by atoms with Crippen LogP contribution in [0.5, 0.6) is 0 Å². The van der Waals surface area contributed by atoms with Gasteiger partial charge in [0, 0.05) is 17.2 Å². The first kappa shape index (κ1) is 13.7. The smallest absolute Gasteiger partial charge is 0.257 e. The Morgan fingerprint density at radius 3 is 2.43 bits per heavy atom. The van der Waals surface area contributed by atoms with Crippen molar-refractivity contribution in [3.05, 3.63) is 34.8 Å². The van der Waals surface area contributed by atoms with Gasteiger partial charge in [0.05, 0.1) is 0 Å². The van der Waals surface area contributed by atoms with Crippen LogP contribution in [0.1, 0.15) is 28.2 Å². The molecule has 1 aromatic heterocycles. The first-order valence-electron chi connectivity index (χ1n) is 6.64. The normalized spacial score (nSPS) is 13.8. The van der Waals surface area contributed by atoms with E-state index in [-0.39, 0.29) is 17.7 Å². The van der Waals surface area contributed by atoms with E-state index in [1.165, 1.54) is 11.3 Å². The molecule has 6 nitrogen and oxygen atoms in total. The molecule has 2 amide bonds. The minimum atomic E-state index is -0.244. The van der Waals surface area contributed by atoms with Crippen LogP contribution in [0.15, 0.2) is 24.3 Å². The number of nitrogens with zero attached hydrogens (tertiary/aromatic N) is 2. The third-order valence-corrected chi connectivity index (χ3v) is 3.86. The average Bonchev–Trinajstić information content (AvgIpc) is 3.24. The van der Waals surface area contributed by atoms with Gasteiger partial charge in [-0.3, -0.25) is 14.9 Å². The van der Waals surface area contributed by atoms with Crippen LogP contribution < -0.4 is 10.6 Å². The predicted octanol–water partition coefficient (Wildman–Crippen LogP) is 2.45. The van der Waals surface area contributed by atoms with E-state index < -0.39 is 0 Å². The number of carbonyl (C=O) groups is 2. The van der Waals surface area contributed by atoms with Gasteiger partial charge in [0.1, 0.15) is 5.01 Å². The van der Waals surface area contributed by atoms with Crippen molar-refractivity contribution in [1.82, 2.24) is 10.2 Å². The monoisotopic (exact) mass is 302 g/mol. The van der Waals surface area contributed by atoms with Gasteiger partial charge in [0.15, 0.2) is 0 Å². The zero-order chi connectivity index (χ0) is 14.8. The second-order valence-electron chi connectivity index (χ2n) is 4.92. The Hall–Kier alpha value is -2.28. The van der Waals surface area contributed by atoms with E-state index in [0.29, 0.717) is 16.4 Å². The number of rotatable bonds is 4. The van der Waals surface area contributed by atoms with Crippen LogP contribution in [0.4, 0.5) is 10.8 Å². The number of anilines is 2. The molecule has 0 unspecified atom stereocenters. The molecule has 0 saturated heterocycles. The largest absolute Gasteiger partial charge is 0.326 e. The maximum atomic E-state index is 12.0. The maximum absolute atomic E-state index is 12.0. The van der Waals surface area contributed by atoms with Crippen LogP contribution >= 0.6 is 11.3 Å². The van der Waals surface area contributed by atoms with Gasteiger partial charge in [-0.2, -0.15) is 0 Å². The summed E-state index contributed by atoms with van der Waals surface area (Å²) in [6, 6.07) is 6.79. The molecular formula is C14H14N4O2S. The van der Waals surface area contributed by atoms with Gasteiger partial charge < -0.3 is 5.32 Å². The summed E-state index contributed by atoms with van der Waals surface area (Å²) in [5.74, 6) is -0.0311. The second kappa shape index (κ2) is 5.61. The lowest BCUT2D eigenvalue weighted by atomic mass is 10.2. The molecule has 0 aliphatic heterocycles. The highest BCUT2D eigenvalue weighted by Gasteiger charge is 2.29. The second-order valence-corrected chi connectivity index (χ2v) is 6.10. The van der Waals surface area contributed by atoms with E-state index in [4.69, 9.17) is 0 Å². The van der Waals surface area contributed by atoms with Gasteiger partial charge in [-0.1, -0.05) is 11.3 Å². The molecule has 0 atom stereocenters. The molecule has 1 heterocycles. The number of carbonyl (C=O) groups excluding carboxylic acids is 2. The van der Waals surface area contributed by atoms with Crippen molar-refractivity contribution < 1.29 is 9.59 Å². The van der Waals surface area contributed by atoms with Crippen LogP contribution in [0, 0.1) is 12.8 Å². The van der Waals surface area contributed by atoms with Gasteiger partial charge in [0.2, 0.25) is 11.0 Å². The van der Waals surface area contributed by atoms with Crippen molar-refractivity contribution in [2.45, 2.75) is 19.8 Å². The molecule has 1 aromatic carbocycles. The van der Waals surface area contributed by atoms with Crippen LogP contribution in [-0.2, 0) is 4.79 Å². The highest BCUT2D eigenvalue weighted by Crippen LogP contribution is 2.30. The van der Waals surface area contributed by atoms with Crippen LogP contribution in [-0.4, -0.2) is 22.0 Å². The van der Waals surface area contributed by atoms with Gasteiger partial charge in [-0.15, -0.1) is 10.2 Å². The lowest BCUT2D eigenvalue weighted by Gasteiger charge is -2.05. The van der Waals surface area contributed by atoms with Crippen LogP contribution in [0.3, 0.4) is 0 Å². The SMILES string of the molecule is Cc1nnc(NC(=O)c2ccc(NC(=O)C3CC3)cc2)s1. The van der Waals surface area contributed by atoms with Gasteiger partial charge in [-0.25, -0.2) is 0 Å². The number of benzene rings is 1. The van der Waals surface area contributed by atoms with Crippen molar-refractivity contribution in [2.24, 2.45) is 5.92 Å². The zero-order valence-electron chi connectivity index (χ0n) is 11.4. The van der Waals surface area contributed by atoms with Crippen molar-refractivity contribution in [2.75, 3.05) is 10.6 Å². The molecule has 0 spiro atoms. The average molecular weight is 302 g/mol. The Kier molecular flexibility index (Phi) is 3.66. The van der Waals surface area contributed by atoms with Crippen LogP contribution in [0.2, 0.25) is 0 Å². The lowest BCUT2D eigenvalue weighted by Crippen LogP contribution is -2.14. The molecule has 3 rings (SSSR count). The van der Waals surface area contributed by atoms with E-state index in [9.17, 15) is 9.59 Å². The van der Waals surface area contributed by atoms with E-state index >= 15 is 0 Å². The quantitative estimate of drug-likeness (QED) is 0.908. The lowest BCUT2D eigenvalue weighted by molar-refractivity contribution is -0.117. The zero-order valence-corrected chi connectivity index (χ0v) is 12.2. The van der Waals surface area contributed by atoms with Gasteiger partial charge in [0.25, 0.3) is 5.91 Å².